The summed E-state index contributed by atoms with van der Waals surface area (Å²) in [7, 11) is 1.54. The minimum Gasteiger partial charge on any atom is -0.368 e. The molecule has 2 N–H and O–H groups in total. The maximum Gasteiger partial charge on any atom is 0.237 e. The fourth-order valence-corrected chi connectivity index (χ4v) is 2.89. The van der Waals surface area contributed by atoms with Crippen molar-refractivity contribution in [1.29, 1.82) is 0 Å². The SMILES string of the molecule is CC(=O)N1CCc2ccccc2C1CC(=O)N(C)CC(N)=O. The van der Waals surface area contributed by atoms with Gasteiger partial charge in [0.2, 0.25) is 17.7 Å². The molecular weight excluding hydrogens is 282 g/mol. The molecule has 0 saturated heterocycles. The predicted molar refractivity (Wildman–Crippen MR) is 81.7 cm³/mol. The van der Waals surface area contributed by atoms with Crippen molar-refractivity contribution in [3.8, 4) is 0 Å². The molecule has 0 fully saturated rings. The van der Waals surface area contributed by atoms with E-state index >= 15 is 0 Å². The number of nitrogens with zero attached hydrogens (tertiary/aromatic N) is 2. The zero-order valence-corrected chi connectivity index (χ0v) is 12.9. The van der Waals surface area contributed by atoms with Gasteiger partial charge in [-0.2, -0.15) is 0 Å². The summed E-state index contributed by atoms with van der Waals surface area (Å²) in [5, 5.41) is 0. The Morgan fingerprint density at radius 1 is 1.32 bits per heavy atom. The van der Waals surface area contributed by atoms with E-state index < -0.39 is 5.91 Å². The monoisotopic (exact) mass is 303 g/mol. The molecular formula is C16H21N3O3. The molecule has 0 spiro atoms. The molecule has 1 unspecified atom stereocenters. The molecule has 1 aromatic rings. The predicted octanol–water partition coefficient (Wildman–Crippen LogP) is 0.466. The number of rotatable bonds is 4. The van der Waals surface area contributed by atoms with Crippen LogP contribution in [0.15, 0.2) is 24.3 Å². The average molecular weight is 303 g/mol. The molecule has 0 radical (unpaired) electrons. The van der Waals surface area contributed by atoms with Crippen LogP contribution in [0.4, 0.5) is 0 Å². The van der Waals surface area contributed by atoms with Crippen LogP contribution in [0.1, 0.15) is 30.5 Å². The van der Waals surface area contributed by atoms with Gasteiger partial charge >= 0.3 is 0 Å². The summed E-state index contributed by atoms with van der Waals surface area (Å²) >= 11 is 0. The summed E-state index contributed by atoms with van der Waals surface area (Å²) in [5.41, 5.74) is 7.29. The van der Waals surface area contributed by atoms with Crippen LogP contribution in [-0.4, -0.2) is 47.7 Å². The van der Waals surface area contributed by atoms with Crippen LogP contribution in [0, 0.1) is 0 Å². The first-order valence-corrected chi connectivity index (χ1v) is 7.27. The van der Waals surface area contributed by atoms with Gasteiger partial charge in [-0.05, 0) is 17.5 Å². The van der Waals surface area contributed by atoms with Gasteiger partial charge in [-0.15, -0.1) is 0 Å². The lowest BCUT2D eigenvalue weighted by atomic mass is 9.90. The molecule has 1 heterocycles. The Hall–Kier alpha value is -2.37. The minimum absolute atomic E-state index is 0.0511. The summed E-state index contributed by atoms with van der Waals surface area (Å²) in [5.74, 6) is -0.806. The van der Waals surface area contributed by atoms with Crippen molar-refractivity contribution < 1.29 is 14.4 Å². The highest BCUT2D eigenvalue weighted by molar-refractivity contribution is 5.84. The molecule has 3 amide bonds. The fourth-order valence-electron chi connectivity index (χ4n) is 2.89. The summed E-state index contributed by atoms with van der Waals surface area (Å²) in [4.78, 5) is 38.1. The highest BCUT2D eigenvalue weighted by Gasteiger charge is 2.31. The molecule has 0 saturated carbocycles. The number of fused-ring (bicyclic) bond motifs is 1. The van der Waals surface area contributed by atoms with E-state index in [1.54, 1.807) is 11.9 Å². The second kappa shape index (κ2) is 6.60. The van der Waals surface area contributed by atoms with E-state index in [1.165, 1.54) is 11.8 Å². The topological polar surface area (TPSA) is 83.7 Å². The van der Waals surface area contributed by atoms with E-state index in [0.29, 0.717) is 6.54 Å². The molecule has 118 valence electrons. The van der Waals surface area contributed by atoms with Gasteiger partial charge < -0.3 is 15.5 Å². The number of likely N-dealkylation sites (N-methyl/N-ethyl adjacent to an activating group) is 1. The lowest BCUT2D eigenvalue weighted by Gasteiger charge is -2.37. The third-order valence-corrected chi connectivity index (χ3v) is 4.00. The quantitative estimate of drug-likeness (QED) is 0.877. The molecule has 0 aromatic heterocycles. The maximum absolute atomic E-state index is 12.3. The van der Waals surface area contributed by atoms with Crippen LogP contribution in [0.25, 0.3) is 0 Å². The van der Waals surface area contributed by atoms with Crippen molar-refractivity contribution in [1.82, 2.24) is 9.80 Å². The van der Waals surface area contributed by atoms with Gasteiger partial charge in [0.1, 0.15) is 0 Å². The largest absolute Gasteiger partial charge is 0.368 e. The van der Waals surface area contributed by atoms with Crippen LogP contribution >= 0.6 is 0 Å². The molecule has 1 atom stereocenters. The molecule has 1 aromatic carbocycles. The van der Waals surface area contributed by atoms with Crippen molar-refractivity contribution >= 4 is 17.7 Å². The van der Waals surface area contributed by atoms with Crippen LogP contribution in [0.5, 0.6) is 0 Å². The Kier molecular flexibility index (Phi) is 4.80. The molecule has 2 rings (SSSR count). The molecule has 1 aliphatic heterocycles. The number of nitrogens with two attached hydrogens (primary N) is 1. The van der Waals surface area contributed by atoms with Crippen molar-refractivity contribution in [2.45, 2.75) is 25.8 Å². The van der Waals surface area contributed by atoms with Gasteiger partial charge in [-0.1, -0.05) is 24.3 Å². The van der Waals surface area contributed by atoms with E-state index in [2.05, 4.69) is 0 Å². The molecule has 22 heavy (non-hydrogen) atoms. The molecule has 0 aliphatic carbocycles. The number of amides is 3. The first kappa shape index (κ1) is 16.0. The second-order valence-corrected chi connectivity index (χ2v) is 5.60. The molecule has 6 heteroatoms. The van der Waals surface area contributed by atoms with Gasteiger partial charge in [0.15, 0.2) is 0 Å². The number of benzene rings is 1. The molecule has 1 aliphatic rings. The van der Waals surface area contributed by atoms with E-state index in [9.17, 15) is 14.4 Å². The van der Waals surface area contributed by atoms with Crippen LogP contribution in [0.2, 0.25) is 0 Å². The lowest BCUT2D eigenvalue weighted by Crippen LogP contribution is -2.42. The number of carbonyl (C=O) groups excluding carboxylic acids is 3. The minimum atomic E-state index is -0.552. The summed E-state index contributed by atoms with van der Waals surface area (Å²) < 4.78 is 0. The molecule has 6 nitrogen and oxygen atoms in total. The van der Waals surface area contributed by atoms with Crippen molar-refractivity contribution in [2.24, 2.45) is 5.73 Å². The number of hydrogen-bond donors (Lipinski definition) is 1. The third kappa shape index (κ3) is 3.44. The van der Waals surface area contributed by atoms with Crippen molar-refractivity contribution in [2.75, 3.05) is 20.1 Å². The van der Waals surface area contributed by atoms with Gasteiger partial charge in [0, 0.05) is 20.5 Å². The third-order valence-electron chi connectivity index (χ3n) is 4.00. The first-order chi connectivity index (χ1) is 10.4. The van der Waals surface area contributed by atoms with Crippen molar-refractivity contribution in [3.05, 3.63) is 35.4 Å². The van der Waals surface area contributed by atoms with E-state index in [4.69, 9.17) is 5.73 Å². The Morgan fingerprint density at radius 2 is 2.00 bits per heavy atom. The van der Waals surface area contributed by atoms with Crippen LogP contribution in [-0.2, 0) is 20.8 Å². The number of primary amides is 1. The normalized spacial score (nSPS) is 16.8. The highest BCUT2D eigenvalue weighted by atomic mass is 16.2. The second-order valence-electron chi connectivity index (χ2n) is 5.60. The van der Waals surface area contributed by atoms with Gasteiger partial charge in [-0.25, -0.2) is 0 Å². The number of carbonyl (C=O) groups is 3. The summed E-state index contributed by atoms with van der Waals surface area (Å²) in [6, 6.07) is 7.56. The van der Waals surface area contributed by atoms with Gasteiger partial charge in [0.05, 0.1) is 19.0 Å². The highest BCUT2D eigenvalue weighted by Crippen LogP contribution is 2.32. The smallest absolute Gasteiger partial charge is 0.237 e. The fraction of sp³-hybridized carbons (Fsp3) is 0.438. The maximum atomic E-state index is 12.3. The Balaban J connectivity index is 2.23. The summed E-state index contributed by atoms with van der Waals surface area (Å²) in [6.45, 7) is 2.00. The van der Waals surface area contributed by atoms with Crippen LogP contribution in [0.3, 0.4) is 0 Å². The Labute approximate surface area is 129 Å². The van der Waals surface area contributed by atoms with Crippen molar-refractivity contribution in [3.63, 3.8) is 0 Å². The standard InChI is InChI=1S/C16H21N3O3/c1-11(20)19-8-7-12-5-3-4-6-13(12)14(19)9-16(22)18(2)10-15(17)21/h3-6,14H,7-10H2,1-2H3,(H2,17,21). The van der Waals surface area contributed by atoms with Gasteiger partial charge in [0.25, 0.3) is 0 Å². The van der Waals surface area contributed by atoms with E-state index in [-0.39, 0.29) is 30.8 Å². The zero-order valence-electron chi connectivity index (χ0n) is 12.9. The zero-order chi connectivity index (χ0) is 16.3. The Morgan fingerprint density at radius 3 is 2.64 bits per heavy atom. The molecule has 0 bridgehead atoms. The van der Waals surface area contributed by atoms with Gasteiger partial charge in [-0.3, -0.25) is 14.4 Å². The van der Waals surface area contributed by atoms with E-state index in [0.717, 1.165) is 17.5 Å². The average Bonchev–Trinajstić information content (AvgIpc) is 2.46. The lowest BCUT2D eigenvalue weighted by molar-refractivity contribution is -0.138. The Bertz CT molecular complexity index is 600. The van der Waals surface area contributed by atoms with Crippen LogP contribution < -0.4 is 5.73 Å². The first-order valence-electron chi connectivity index (χ1n) is 7.27. The van der Waals surface area contributed by atoms with E-state index in [1.807, 2.05) is 24.3 Å². The summed E-state index contributed by atoms with van der Waals surface area (Å²) in [6.07, 6.45) is 0.942. The number of hydrogen-bond acceptors (Lipinski definition) is 3.